The second-order valence-corrected chi connectivity index (χ2v) is 4.22. The lowest BCUT2D eigenvalue weighted by Crippen LogP contribution is -2.01. The van der Waals surface area contributed by atoms with Crippen molar-refractivity contribution in [1.29, 1.82) is 0 Å². The number of aromatic carboxylic acids is 1. The van der Waals surface area contributed by atoms with Gasteiger partial charge in [-0.15, -0.1) is 0 Å². The molecule has 19 heavy (non-hydrogen) atoms. The third-order valence-electron chi connectivity index (χ3n) is 3.09. The molecule has 3 aromatic rings. The number of carboxylic acids is 1. The zero-order valence-electron chi connectivity index (χ0n) is 10.2. The van der Waals surface area contributed by atoms with E-state index in [4.69, 9.17) is 0 Å². The summed E-state index contributed by atoms with van der Waals surface area (Å²) < 4.78 is 1.63. The van der Waals surface area contributed by atoms with Gasteiger partial charge in [0.2, 0.25) is 0 Å². The largest absolute Gasteiger partial charge is 0.478 e. The highest BCUT2D eigenvalue weighted by atomic mass is 16.4. The number of carboxylic acid groups (broad SMARTS) is 1. The van der Waals surface area contributed by atoms with Gasteiger partial charge >= 0.3 is 5.97 Å². The Labute approximate surface area is 109 Å². The van der Waals surface area contributed by atoms with Crippen LogP contribution in [0.4, 0.5) is 0 Å². The summed E-state index contributed by atoms with van der Waals surface area (Å²) in [6, 6.07) is 10.9. The lowest BCUT2D eigenvalue weighted by molar-refractivity contribution is 0.0699. The first-order chi connectivity index (χ1) is 9.18. The Kier molecular flexibility index (Phi) is 2.52. The molecule has 0 bridgehead atoms. The van der Waals surface area contributed by atoms with Crippen LogP contribution in [-0.4, -0.2) is 25.8 Å². The number of hydrogen-bond donors (Lipinski definition) is 1. The maximum absolute atomic E-state index is 11.4. The van der Waals surface area contributed by atoms with E-state index in [9.17, 15) is 9.90 Å². The average Bonchev–Trinajstić information content (AvgIpc) is 2.83. The van der Waals surface area contributed by atoms with Crippen LogP contribution in [0.1, 0.15) is 10.4 Å². The molecular formula is C14H11N3O2. The summed E-state index contributed by atoms with van der Waals surface area (Å²) in [5, 5.41) is 14.9. The van der Waals surface area contributed by atoms with Gasteiger partial charge in [-0.05, 0) is 11.5 Å². The molecule has 0 spiro atoms. The van der Waals surface area contributed by atoms with Crippen LogP contribution in [0.3, 0.4) is 0 Å². The van der Waals surface area contributed by atoms with Crippen LogP contribution in [0, 0.1) is 0 Å². The van der Waals surface area contributed by atoms with Gasteiger partial charge in [0.15, 0.2) is 5.82 Å². The fourth-order valence-corrected chi connectivity index (χ4v) is 2.25. The molecule has 0 saturated heterocycles. The topological polar surface area (TPSA) is 68.0 Å². The van der Waals surface area contributed by atoms with Gasteiger partial charge < -0.3 is 5.11 Å². The number of aromatic nitrogens is 3. The predicted octanol–water partition coefficient (Wildman–Crippen LogP) is 2.33. The smallest absolute Gasteiger partial charge is 0.336 e. The van der Waals surface area contributed by atoms with E-state index >= 15 is 0 Å². The van der Waals surface area contributed by atoms with Gasteiger partial charge in [0.25, 0.3) is 0 Å². The third kappa shape index (κ3) is 1.76. The molecule has 5 heteroatoms. The molecule has 0 aliphatic carbocycles. The molecule has 5 nitrogen and oxygen atoms in total. The lowest BCUT2D eigenvalue weighted by Gasteiger charge is -2.08. The van der Waals surface area contributed by atoms with Crippen molar-refractivity contribution in [2.75, 3.05) is 0 Å². The highest BCUT2D eigenvalue weighted by molar-refractivity contribution is 6.09. The van der Waals surface area contributed by atoms with Gasteiger partial charge in [-0.25, -0.2) is 14.5 Å². The molecule has 94 valence electrons. The molecule has 0 unspecified atom stereocenters. The van der Waals surface area contributed by atoms with E-state index in [0.717, 1.165) is 10.9 Å². The zero-order valence-corrected chi connectivity index (χ0v) is 10.2. The highest BCUT2D eigenvalue weighted by Crippen LogP contribution is 2.29. The van der Waals surface area contributed by atoms with E-state index in [-0.39, 0.29) is 5.56 Å². The molecule has 0 atom stereocenters. The van der Waals surface area contributed by atoms with Crippen molar-refractivity contribution < 1.29 is 9.90 Å². The molecule has 0 aliphatic heterocycles. The van der Waals surface area contributed by atoms with Gasteiger partial charge in [0.1, 0.15) is 6.33 Å². The van der Waals surface area contributed by atoms with Crippen LogP contribution < -0.4 is 0 Å². The number of aryl methyl sites for hydroxylation is 1. The Morgan fingerprint density at radius 1 is 1.21 bits per heavy atom. The monoisotopic (exact) mass is 253 g/mol. The summed E-state index contributed by atoms with van der Waals surface area (Å²) in [5.41, 5.74) is 1.05. The van der Waals surface area contributed by atoms with Crippen LogP contribution in [-0.2, 0) is 7.05 Å². The number of benzene rings is 2. The van der Waals surface area contributed by atoms with Gasteiger partial charge in [-0.2, -0.15) is 5.10 Å². The minimum Gasteiger partial charge on any atom is -0.478 e. The minimum atomic E-state index is -0.944. The Balaban J connectivity index is 2.43. The molecule has 1 N–H and O–H groups in total. The molecule has 0 aliphatic rings. The molecule has 2 aromatic carbocycles. The SMILES string of the molecule is Cn1ncnc1-c1cccc2cccc(C(=O)O)c12. The van der Waals surface area contributed by atoms with Gasteiger partial charge in [0.05, 0.1) is 5.56 Å². The van der Waals surface area contributed by atoms with E-state index in [0.29, 0.717) is 11.2 Å². The molecule has 0 saturated carbocycles. The number of hydrogen-bond acceptors (Lipinski definition) is 3. The molecule has 1 heterocycles. The van der Waals surface area contributed by atoms with Gasteiger partial charge in [-0.3, -0.25) is 0 Å². The summed E-state index contributed by atoms with van der Waals surface area (Å²) in [6.07, 6.45) is 1.46. The summed E-state index contributed by atoms with van der Waals surface area (Å²) in [4.78, 5) is 15.6. The summed E-state index contributed by atoms with van der Waals surface area (Å²) in [7, 11) is 1.78. The van der Waals surface area contributed by atoms with Crippen molar-refractivity contribution in [2.24, 2.45) is 7.05 Å². The number of fused-ring (bicyclic) bond motifs is 1. The normalized spacial score (nSPS) is 10.8. The standard InChI is InChI=1S/C14H11N3O2/c1-17-13(15-8-16-17)10-6-2-4-9-5-3-7-11(12(9)10)14(18)19/h2-8H,1H3,(H,18,19). The molecule has 3 rings (SSSR count). The maximum atomic E-state index is 11.4. The van der Waals surface area contributed by atoms with Crippen molar-refractivity contribution in [3.05, 3.63) is 48.3 Å². The Hall–Kier alpha value is -2.69. The second-order valence-electron chi connectivity index (χ2n) is 4.22. The summed E-state index contributed by atoms with van der Waals surface area (Å²) in [5.74, 6) is -0.292. The Morgan fingerprint density at radius 3 is 2.58 bits per heavy atom. The molecule has 0 fully saturated rings. The molecular weight excluding hydrogens is 242 g/mol. The number of rotatable bonds is 2. The third-order valence-corrected chi connectivity index (χ3v) is 3.09. The van der Waals surface area contributed by atoms with E-state index < -0.39 is 5.97 Å². The van der Waals surface area contributed by atoms with Crippen LogP contribution >= 0.6 is 0 Å². The van der Waals surface area contributed by atoms with E-state index in [1.54, 1.807) is 23.9 Å². The Bertz CT molecular complexity index is 772. The van der Waals surface area contributed by atoms with E-state index in [2.05, 4.69) is 10.1 Å². The van der Waals surface area contributed by atoms with Crippen LogP contribution in [0.15, 0.2) is 42.7 Å². The maximum Gasteiger partial charge on any atom is 0.336 e. The molecule has 0 amide bonds. The summed E-state index contributed by atoms with van der Waals surface area (Å²) >= 11 is 0. The second kappa shape index (κ2) is 4.20. The van der Waals surface area contributed by atoms with E-state index in [1.165, 1.54) is 6.33 Å². The minimum absolute atomic E-state index is 0.274. The van der Waals surface area contributed by atoms with Crippen LogP contribution in [0.25, 0.3) is 22.2 Å². The highest BCUT2D eigenvalue weighted by Gasteiger charge is 2.15. The fourth-order valence-electron chi connectivity index (χ4n) is 2.25. The van der Waals surface area contributed by atoms with Gasteiger partial charge in [0, 0.05) is 18.0 Å². The van der Waals surface area contributed by atoms with Crippen molar-refractivity contribution in [2.45, 2.75) is 0 Å². The van der Waals surface area contributed by atoms with Crippen molar-refractivity contribution in [3.8, 4) is 11.4 Å². The quantitative estimate of drug-likeness (QED) is 0.761. The molecule has 0 radical (unpaired) electrons. The fraction of sp³-hybridized carbons (Fsp3) is 0.0714. The zero-order chi connectivity index (χ0) is 13.4. The first-order valence-electron chi connectivity index (χ1n) is 5.78. The first kappa shape index (κ1) is 11.4. The first-order valence-corrected chi connectivity index (χ1v) is 5.78. The van der Waals surface area contributed by atoms with Crippen LogP contribution in [0.5, 0.6) is 0 Å². The van der Waals surface area contributed by atoms with Crippen molar-refractivity contribution in [3.63, 3.8) is 0 Å². The van der Waals surface area contributed by atoms with Crippen molar-refractivity contribution in [1.82, 2.24) is 14.8 Å². The van der Waals surface area contributed by atoms with E-state index in [1.807, 2.05) is 24.3 Å². The lowest BCUT2D eigenvalue weighted by atomic mass is 9.99. The van der Waals surface area contributed by atoms with Crippen molar-refractivity contribution >= 4 is 16.7 Å². The number of carbonyl (C=O) groups is 1. The molecule has 1 aromatic heterocycles. The Morgan fingerprint density at radius 2 is 1.95 bits per heavy atom. The summed E-state index contributed by atoms with van der Waals surface area (Å²) in [6.45, 7) is 0. The van der Waals surface area contributed by atoms with Gasteiger partial charge in [-0.1, -0.05) is 30.3 Å². The number of nitrogens with zero attached hydrogens (tertiary/aromatic N) is 3. The average molecular weight is 253 g/mol. The predicted molar refractivity (Wildman–Crippen MR) is 70.9 cm³/mol. The van der Waals surface area contributed by atoms with Crippen LogP contribution in [0.2, 0.25) is 0 Å².